The molecule has 2 aliphatic rings. The molecule has 0 N–H and O–H groups in total. The Kier molecular flexibility index (Phi) is 5.67. The summed E-state index contributed by atoms with van der Waals surface area (Å²) < 4.78 is 310. The number of pyridine rings is 1. The molecule has 0 amide bonds. The number of fused-ring (bicyclic) bond motifs is 6. The number of nitrogens with zero attached hydrogens (tertiary/aromatic N) is 4. The zero-order valence-corrected chi connectivity index (χ0v) is 41.5. The monoisotopic (exact) mass is 1190 g/mol. The minimum atomic E-state index is -3.96. The topological polar surface area (TPSA) is 35.9 Å². The average molecular weight is 1190 g/mol. The Hall–Kier alpha value is -7.33. The summed E-state index contributed by atoms with van der Waals surface area (Å²) in [6.07, 6.45) is 1.11. The van der Waals surface area contributed by atoms with Crippen molar-refractivity contribution in [3.63, 3.8) is 0 Å². The number of rotatable bonds is 8. The van der Waals surface area contributed by atoms with E-state index < -0.39 is 183 Å². The van der Waals surface area contributed by atoms with E-state index in [0.717, 1.165) is 28.2 Å². The standard InChI is InChI=1S/C69H60N4O.Pt/c1-44-35-64(70-40-55(44)45-19-11-10-12-20-45)73-60-26-14-13-23-53(60)54-32-31-50(39-63(54)73)74-49-22-17-21-48(38-49)71-43-72(62-28-16-15-27-61(62)71)65-51(46-29-33-56-58(36-46)68(6,7)41-66(56,2)3)24-18-25-52(65)47-30-34-57-59(37-47)69(8,9)42-67(57,4)5;/h10-37,40H,41-42H2,1-9H3;/q-2;/i1D3,2D3,3D3,4D3,5D3,6D3,7D3,8D3,9D3,29D,30D,33D,34D,36D,37D;. The third-order valence-corrected chi connectivity index (χ3v) is 13.7. The molecule has 11 aromatic rings. The molecule has 8 aromatic carbocycles. The maximum atomic E-state index is 10.2. The van der Waals surface area contributed by atoms with E-state index in [4.69, 9.17) is 46.7 Å². The van der Waals surface area contributed by atoms with Crippen LogP contribution in [0.3, 0.4) is 0 Å². The number of ether oxygens (including phenoxy) is 1. The molecule has 374 valence electrons. The summed E-state index contributed by atoms with van der Waals surface area (Å²) in [4.78, 5) is 4.79. The van der Waals surface area contributed by atoms with E-state index in [1.807, 2.05) is 18.2 Å². The minimum Gasteiger partial charge on any atom is -0.510 e. The van der Waals surface area contributed by atoms with Gasteiger partial charge >= 0.3 is 0 Å². The van der Waals surface area contributed by atoms with Crippen LogP contribution in [0.1, 0.15) is 141 Å². The van der Waals surface area contributed by atoms with Gasteiger partial charge < -0.3 is 13.9 Å². The van der Waals surface area contributed by atoms with Gasteiger partial charge in [-0.1, -0.05) is 188 Å². The summed E-state index contributed by atoms with van der Waals surface area (Å²) in [6, 6.07) is 34.0. The molecule has 0 fully saturated rings. The van der Waals surface area contributed by atoms with E-state index in [-0.39, 0.29) is 60.7 Å². The van der Waals surface area contributed by atoms with Crippen LogP contribution in [0.25, 0.3) is 83.4 Å². The molecule has 5 nitrogen and oxygen atoms in total. The molecule has 13 rings (SSSR count). The number of benzene rings is 8. The molecule has 3 aromatic heterocycles. The van der Waals surface area contributed by atoms with Gasteiger partial charge in [-0.2, -0.15) is 18.2 Å². The second kappa shape index (κ2) is 17.6. The largest absolute Gasteiger partial charge is 0.510 e. The molecule has 0 aliphatic heterocycles. The molecule has 2 aliphatic carbocycles. The van der Waals surface area contributed by atoms with Gasteiger partial charge in [-0.15, -0.1) is 29.7 Å². The van der Waals surface area contributed by atoms with Crippen LogP contribution in [0.4, 0.5) is 0 Å². The van der Waals surface area contributed by atoms with Crippen molar-refractivity contribution in [1.82, 2.24) is 14.1 Å². The summed E-state index contributed by atoms with van der Waals surface area (Å²) in [7, 11) is 0. The van der Waals surface area contributed by atoms with Gasteiger partial charge in [0.2, 0.25) is 0 Å². The van der Waals surface area contributed by atoms with Gasteiger partial charge in [-0.05, 0) is 120 Å². The summed E-state index contributed by atoms with van der Waals surface area (Å²) in [5, 5.41) is 1.43. The summed E-state index contributed by atoms with van der Waals surface area (Å²) in [5.74, 6) is 0.364. The molecular formula is C69H60N4OPt-2. The van der Waals surface area contributed by atoms with Gasteiger partial charge in [0.05, 0.1) is 24.9 Å². The van der Waals surface area contributed by atoms with Crippen molar-refractivity contribution in [2.45, 2.75) is 96.2 Å². The number of hydrogen-bond acceptors (Lipinski definition) is 2. The van der Waals surface area contributed by atoms with Crippen LogP contribution in [0.15, 0.2) is 176 Å². The minimum absolute atomic E-state index is 0. The first kappa shape index (κ1) is 24.1. The molecule has 0 unspecified atom stereocenters. The second-order valence-electron chi connectivity index (χ2n) is 18.8. The Morgan fingerprint density at radius 1 is 0.573 bits per heavy atom. The van der Waals surface area contributed by atoms with E-state index in [9.17, 15) is 8.22 Å². The Morgan fingerprint density at radius 2 is 1.19 bits per heavy atom. The van der Waals surface area contributed by atoms with Crippen LogP contribution in [0.2, 0.25) is 0 Å². The second-order valence-corrected chi connectivity index (χ2v) is 18.8. The number of aromatic nitrogens is 4. The van der Waals surface area contributed by atoms with Crippen molar-refractivity contribution < 1.29 is 75.6 Å². The van der Waals surface area contributed by atoms with Crippen LogP contribution in [-0.4, -0.2) is 14.1 Å². The van der Waals surface area contributed by atoms with Crippen molar-refractivity contribution in [2.24, 2.45) is 0 Å². The third-order valence-electron chi connectivity index (χ3n) is 13.7. The molecule has 0 atom stereocenters. The van der Waals surface area contributed by atoms with Crippen LogP contribution in [0, 0.1) is 25.3 Å². The summed E-state index contributed by atoms with van der Waals surface area (Å²) in [6.45, 7) is -34.0. The van der Waals surface area contributed by atoms with Crippen molar-refractivity contribution >= 4 is 32.8 Å². The number of hydrogen-bond donors (Lipinski definition) is 0. The zero-order valence-electron chi connectivity index (χ0n) is 72.2. The maximum absolute atomic E-state index is 10.2. The molecule has 0 bridgehead atoms. The fraction of sp³-hybridized carbons (Fsp3) is 0.217. The molecule has 0 spiro atoms. The average Bonchev–Trinajstić information content (AvgIpc) is 1.49. The Labute approximate surface area is 502 Å². The van der Waals surface area contributed by atoms with E-state index in [1.165, 1.54) is 41.1 Å². The van der Waals surface area contributed by atoms with Crippen molar-refractivity contribution in [1.29, 1.82) is 0 Å². The molecule has 3 heterocycles. The van der Waals surface area contributed by atoms with Gasteiger partial charge in [0.25, 0.3) is 6.33 Å². The molecule has 0 radical (unpaired) electrons. The normalized spacial score (nSPS) is 23.7. The Balaban J connectivity index is 0.0000109. The smallest absolute Gasteiger partial charge is 0.268 e. The number of para-hydroxylation sites is 4. The summed E-state index contributed by atoms with van der Waals surface area (Å²) >= 11 is 0. The van der Waals surface area contributed by atoms with Gasteiger partial charge in [0.15, 0.2) is 0 Å². The molecule has 6 heteroatoms. The van der Waals surface area contributed by atoms with Crippen LogP contribution in [-0.2, 0) is 42.7 Å². The SMILES string of the molecule is [2H]c1c([2H])c2c(c([2H])c1-c1cccc(-c3c([2H])c([2H])c4c(c3[2H])C(C([2H])([2H])[2H])(C([2H])([2H])[2H])CC4(C([2H])([2H])[2H])C([2H])([2H])[2H])c1-[n+]1[c-]n(-c3[c-]c(Oc4[c-]c5c(cc4)c4ccccc4n5-c4cc(C([2H])([2H])[2H])c(-c5ccccc5)cn4)ccc3)c3ccccc31)C(C([2H])([2H])[2H])(C([2H])([2H])[2H])CC2(C([2H])([2H])[2H])C([2H])([2H])[2H].[Pt]. The maximum Gasteiger partial charge on any atom is 0.268 e. The van der Waals surface area contributed by atoms with E-state index in [1.54, 1.807) is 71.3 Å². The fourth-order valence-corrected chi connectivity index (χ4v) is 10.4. The number of imidazole rings is 1. The molecular weight excluding hydrogens is 1100 g/mol. The van der Waals surface area contributed by atoms with E-state index in [0.29, 0.717) is 27.5 Å². The van der Waals surface area contributed by atoms with E-state index in [2.05, 4.69) is 18.5 Å². The third kappa shape index (κ3) is 8.00. The first-order chi connectivity index (χ1) is 49.3. The van der Waals surface area contributed by atoms with Crippen LogP contribution < -0.4 is 9.30 Å². The summed E-state index contributed by atoms with van der Waals surface area (Å²) in [5.41, 5.74) is -20.8. The predicted octanol–water partition coefficient (Wildman–Crippen LogP) is 16.8. The van der Waals surface area contributed by atoms with Crippen LogP contribution in [0.5, 0.6) is 11.5 Å². The van der Waals surface area contributed by atoms with Gasteiger partial charge in [0, 0.05) is 86.9 Å². The van der Waals surface area contributed by atoms with Crippen LogP contribution >= 0.6 is 0 Å². The van der Waals surface area contributed by atoms with Gasteiger partial charge in [-0.3, -0.25) is 4.57 Å². The predicted molar refractivity (Wildman–Crippen MR) is 302 cm³/mol. The quantitative estimate of drug-likeness (QED) is 0.112. The molecule has 75 heavy (non-hydrogen) atoms. The van der Waals surface area contributed by atoms with Crippen molar-refractivity contribution in [3.05, 3.63) is 222 Å². The molecule has 0 saturated heterocycles. The Morgan fingerprint density at radius 3 is 1.87 bits per heavy atom. The molecule has 0 saturated carbocycles. The van der Waals surface area contributed by atoms with E-state index >= 15 is 0 Å². The Bertz CT molecular complexity index is 5260. The zero-order chi connectivity index (χ0) is 78.6. The van der Waals surface area contributed by atoms with Gasteiger partial charge in [-0.25, -0.2) is 4.98 Å². The fourth-order valence-electron chi connectivity index (χ4n) is 10.4. The first-order valence-electron chi connectivity index (χ1n) is 39.9. The first-order valence-corrected chi connectivity index (χ1v) is 23.4. The number of aryl methyl sites for hydroxylation is 1. The van der Waals surface area contributed by atoms with Crippen molar-refractivity contribution in [2.75, 3.05) is 0 Å². The van der Waals surface area contributed by atoms with Crippen molar-refractivity contribution in [3.8, 4) is 62.1 Å². The van der Waals surface area contributed by atoms with Gasteiger partial charge in [0.1, 0.15) is 5.82 Å².